The summed E-state index contributed by atoms with van der Waals surface area (Å²) in [6, 6.07) is 9.00. The maximum atomic E-state index is 3.66. The van der Waals surface area contributed by atoms with Gasteiger partial charge in [-0.1, -0.05) is 43.7 Å². The van der Waals surface area contributed by atoms with Crippen molar-refractivity contribution in [3.8, 4) is 0 Å². The zero-order valence-electron chi connectivity index (χ0n) is 13.6. The van der Waals surface area contributed by atoms with Crippen LogP contribution in [-0.4, -0.2) is 12.1 Å². The highest BCUT2D eigenvalue weighted by Gasteiger charge is 2.16. The Morgan fingerprint density at radius 3 is 2.11 bits per heavy atom. The minimum atomic E-state index is 0.211. The molecule has 1 unspecified atom stereocenters. The Bertz CT molecular complexity index is 356. The molecule has 0 aliphatic rings. The molecule has 1 rings (SSSR count). The van der Waals surface area contributed by atoms with E-state index in [0.29, 0.717) is 0 Å². The third kappa shape index (κ3) is 7.37. The van der Waals surface area contributed by atoms with E-state index in [0.717, 1.165) is 18.4 Å². The van der Waals surface area contributed by atoms with Crippen LogP contribution in [0.4, 0.5) is 0 Å². The molecule has 0 spiro atoms. The highest BCUT2D eigenvalue weighted by molar-refractivity contribution is 5.21. The summed E-state index contributed by atoms with van der Waals surface area (Å²) in [7, 11) is 0. The Morgan fingerprint density at radius 1 is 1.05 bits per heavy atom. The normalized spacial score (nSPS) is 13.8. The summed E-state index contributed by atoms with van der Waals surface area (Å²) in [5, 5.41) is 3.66. The van der Waals surface area contributed by atoms with Gasteiger partial charge in [0, 0.05) is 5.54 Å². The first-order chi connectivity index (χ1) is 8.76. The van der Waals surface area contributed by atoms with Crippen molar-refractivity contribution >= 4 is 0 Å². The van der Waals surface area contributed by atoms with Gasteiger partial charge >= 0.3 is 0 Å². The molecule has 0 saturated carbocycles. The van der Waals surface area contributed by atoms with Gasteiger partial charge in [0.25, 0.3) is 0 Å². The van der Waals surface area contributed by atoms with Gasteiger partial charge in [-0.25, -0.2) is 0 Å². The van der Waals surface area contributed by atoms with Crippen molar-refractivity contribution in [1.82, 2.24) is 5.32 Å². The molecule has 1 N–H and O–H groups in total. The molecule has 0 amide bonds. The summed E-state index contributed by atoms with van der Waals surface area (Å²) >= 11 is 0. The second-order valence-corrected chi connectivity index (χ2v) is 7.32. The van der Waals surface area contributed by atoms with Crippen molar-refractivity contribution in [3.63, 3.8) is 0 Å². The molecule has 0 fully saturated rings. The molecular formula is C18H31N. The highest BCUT2D eigenvalue weighted by Crippen LogP contribution is 2.18. The molecule has 1 heteroatoms. The Morgan fingerprint density at radius 2 is 1.63 bits per heavy atom. The lowest BCUT2D eigenvalue weighted by atomic mass is 9.90. The molecule has 1 aromatic carbocycles. The molecule has 0 heterocycles. The number of benzene rings is 1. The lowest BCUT2D eigenvalue weighted by Gasteiger charge is -2.26. The standard InChI is InChI=1S/C18H31N/c1-14(2)11-17(13-19-18(4,5)6)12-16-9-7-15(3)8-10-16/h7-10,14,17,19H,11-13H2,1-6H3. The van der Waals surface area contributed by atoms with Crippen LogP contribution in [0.3, 0.4) is 0 Å². The van der Waals surface area contributed by atoms with E-state index in [4.69, 9.17) is 0 Å². The van der Waals surface area contributed by atoms with Crippen molar-refractivity contribution in [2.45, 2.75) is 59.9 Å². The van der Waals surface area contributed by atoms with Crippen molar-refractivity contribution in [1.29, 1.82) is 0 Å². The van der Waals surface area contributed by atoms with Crippen LogP contribution in [0.2, 0.25) is 0 Å². The number of nitrogens with one attached hydrogen (secondary N) is 1. The summed E-state index contributed by atoms with van der Waals surface area (Å²) in [5.74, 6) is 1.49. The SMILES string of the molecule is Cc1ccc(CC(CNC(C)(C)C)CC(C)C)cc1. The quantitative estimate of drug-likeness (QED) is 0.790. The number of hydrogen-bond acceptors (Lipinski definition) is 1. The van der Waals surface area contributed by atoms with Gasteiger partial charge in [0.05, 0.1) is 0 Å². The molecule has 0 radical (unpaired) electrons. The van der Waals surface area contributed by atoms with Crippen LogP contribution in [0, 0.1) is 18.8 Å². The molecule has 0 aromatic heterocycles. The van der Waals surface area contributed by atoms with E-state index < -0.39 is 0 Å². The molecule has 0 aliphatic carbocycles. The van der Waals surface area contributed by atoms with E-state index in [1.165, 1.54) is 24.0 Å². The van der Waals surface area contributed by atoms with E-state index in [1.54, 1.807) is 0 Å². The zero-order valence-corrected chi connectivity index (χ0v) is 13.6. The van der Waals surface area contributed by atoms with Crippen molar-refractivity contribution < 1.29 is 0 Å². The van der Waals surface area contributed by atoms with Gasteiger partial charge in [0.15, 0.2) is 0 Å². The summed E-state index contributed by atoms with van der Waals surface area (Å²) in [6.07, 6.45) is 2.47. The molecule has 1 nitrogen and oxygen atoms in total. The van der Waals surface area contributed by atoms with E-state index >= 15 is 0 Å². The Labute approximate surface area is 119 Å². The minimum absolute atomic E-state index is 0.211. The number of aryl methyl sites for hydroxylation is 1. The minimum Gasteiger partial charge on any atom is -0.312 e. The molecule has 0 saturated heterocycles. The average Bonchev–Trinajstić information content (AvgIpc) is 2.27. The van der Waals surface area contributed by atoms with Crippen LogP contribution in [0.5, 0.6) is 0 Å². The first-order valence-corrected chi connectivity index (χ1v) is 7.57. The van der Waals surface area contributed by atoms with Gasteiger partial charge in [-0.15, -0.1) is 0 Å². The van der Waals surface area contributed by atoms with E-state index in [1.807, 2.05) is 0 Å². The smallest absolute Gasteiger partial charge is 0.00966 e. The first-order valence-electron chi connectivity index (χ1n) is 7.57. The summed E-state index contributed by atoms with van der Waals surface area (Å²) in [5.41, 5.74) is 3.02. The topological polar surface area (TPSA) is 12.0 Å². The van der Waals surface area contributed by atoms with Crippen molar-refractivity contribution in [3.05, 3.63) is 35.4 Å². The highest BCUT2D eigenvalue weighted by atomic mass is 14.9. The van der Waals surface area contributed by atoms with Gasteiger partial charge < -0.3 is 5.32 Å². The van der Waals surface area contributed by atoms with Crippen LogP contribution in [-0.2, 0) is 6.42 Å². The largest absolute Gasteiger partial charge is 0.312 e. The second kappa shape index (κ2) is 7.09. The third-order valence-corrected chi connectivity index (χ3v) is 3.37. The van der Waals surface area contributed by atoms with Gasteiger partial charge in [-0.3, -0.25) is 0 Å². The lowest BCUT2D eigenvalue weighted by Crippen LogP contribution is -2.39. The fraction of sp³-hybridized carbons (Fsp3) is 0.667. The monoisotopic (exact) mass is 261 g/mol. The van der Waals surface area contributed by atoms with Crippen LogP contribution in [0.15, 0.2) is 24.3 Å². The van der Waals surface area contributed by atoms with Crippen LogP contribution in [0.25, 0.3) is 0 Å². The van der Waals surface area contributed by atoms with Gasteiger partial charge in [-0.2, -0.15) is 0 Å². The van der Waals surface area contributed by atoms with E-state index in [2.05, 4.69) is 71.1 Å². The van der Waals surface area contributed by atoms with E-state index in [9.17, 15) is 0 Å². The van der Waals surface area contributed by atoms with Gasteiger partial charge in [0.2, 0.25) is 0 Å². The fourth-order valence-electron chi connectivity index (χ4n) is 2.41. The van der Waals surface area contributed by atoms with Crippen LogP contribution < -0.4 is 5.32 Å². The summed E-state index contributed by atoms with van der Waals surface area (Å²) < 4.78 is 0. The molecule has 19 heavy (non-hydrogen) atoms. The lowest BCUT2D eigenvalue weighted by molar-refractivity contribution is 0.331. The first kappa shape index (κ1) is 16.2. The Hall–Kier alpha value is -0.820. The molecular weight excluding hydrogens is 230 g/mol. The molecule has 1 aromatic rings. The predicted molar refractivity (Wildman–Crippen MR) is 85.6 cm³/mol. The predicted octanol–water partition coefficient (Wildman–Crippen LogP) is 4.59. The third-order valence-electron chi connectivity index (χ3n) is 3.37. The number of rotatable bonds is 6. The Kier molecular flexibility index (Phi) is 6.06. The average molecular weight is 261 g/mol. The second-order valence-electron chi connectivity index (χ2n) is 7.32. The van der Waals surface area contributed by atoms with Gasteiger partial charge in [-0.05, 0) is 64.5 Å². The van der Waals surface area contributed by atoms with E-state index in [-0.39, 0.29) is 5.54 Å². The number of hydrogen-bond donors (Lipinski definition) is 1. The zero-order chi connectivity index (χ0) is 14.5. The molecule has 1 atom stereocenters. The maximum absolute atomic E-state index is 3.66. The van der Waals surface area contributed by atoms with Crippen molar-refractivity contribution in [2.24, 2.45) is 11.8 Å². The molecule has 108 valence electrons. The summed E-state index contributed by atoms with van der Waals surface area (Å²) in [4.78, 5) is 0. The van der Waals surface area contributed by atoms with Crippen LogP contribution >= 0.6 is 0 Å². The maximum Gasteiger partial charge on any atom is 0.00966 e. The summed E-state index contributed by atoms with van der Waals surface area (Å²) in [6.45, 7) is 14.6. The molecule has 0 bridgehead atoms. The van der Waals surface area contributed by atoms with Gasteiger partial charge in [0.1, 0.15) is 0 Å². The fourth-order valence-corrected chi connectivity index (χ4v) is 2.41. The van der Waals surface area contributed by atoms with Crippen molar-refractivity contribution in [2.75, 3.05) is 6.54 Å². The Balaban J connectivity index is 2.60. The molecule has 0 aliphatic heterocycles. The van der Waals surface area contributed by atoms with Crippen LogP contribution in [0.1, 0.15) is 52.2 Å².